The minimum atomic E-state index is -0.553. The first-order chi connectivity index (χ1) is 14.9. The van der Waals surface area contributed by atoms with Crippen LogP contribution in [-0.4, -0.2) is 34.0 Å². The number of carbonyl (C=O) groups excluding carboxylic acids is 2. The second kappa shape index (κ2) is 10.2. The molecule has 6 heteroatoms. The molecule has 0 saturated carbocycles. The Labute approximate surface area is 184 Å². The van der Waals surface area contributed by atoms with Gasteiger partial charge in [0.15, 0.2) is 0 Å². The first-order valence-electron chi connectivity index (χ1n) is 10.9. The van der Waals surface area contributed by atoms with Crippen LogP contribution in [0.15, 0.2) is 48.5 Å². The molecule has 0 aliphatic rings. The van der Waals surface area contributed by atoms with Crippen molar-refractivity contribution in [3.05, 3.63) is 65.5 Å². The Morgan fingerprint density at radius 3 is 2.48 bits per heavy atom. The maximum Gasteiger partial charge on any atom is 0.252 e. The van der Waals surface area contributed by atoms with Crippen molar-refractivity contribution in [2.45, 2.75) is 53.1 Å². The van der Waals surface area contributed by atoms with Gasteiger partial charge in [-0.05, 0) is 56.4 Å². The average Bonchev–Trinajstić information content (AvgIpc) is 3.05. The molecule has 2 aromatic carbocycles. The van der Waals surface area contributed by atoms with E-state index in [4.69, 9.17) is 0 Å². The molecular formula is C25H32N4O2. The van der Waals surface area contributed by atoms with E-state index in [1.54, 1.807) is 6.07 Å². The zero-order valence-electron chi connectivity index (χ0n) is 18.8. The summed E-state index contributed by atoms with van der Waals surface area (Å²) in [6.45, 7) is 9.31. The van der Waals surface area contributed by atoms with Crippen molar-refractivity contribution in [1.29, 1.82) is 0 Å². The van der Waals surface area contributed by atoms with E-state index in [9.17, 15) is 9.59 Å². The molecule has 1 unspecified atom stereocenters. The van der Waals surface area contributed by atoms with Gasteiger partial charge >= 0.3 is 0 Å². The van der Waals surface area contributed by atoms with Gasteiger partial charge in [0, 0.05) is 18.7 Å². The van der Waals surface area contributed by atoms with Gasteiger partial charge in [0.25, 0.3) is 5.91 Å². The molecule has 3 rings (SSSR count). The lowest BCUT2D eigenvalue weighted by molar-refractivity contribution is -0.123. The van der Waals surface area contributed by atoms with Gasteiger partial charge in [0.2, 0.25) is 5.91 Å². The Balaban J connectivity index is 1.57. The minimum absolute atomic E-state index is 0.136. The molecule has 0 bridgehead atoms. The van der Waals surface area contributed by atoms with Gasteiger partial charge in [0.1, 0.15) is 11.9 Å². The van der Waals surface area contributed by atoms with Crippen molar-refractivity contribution in [2.24, 2.45) is 5.92 Å². The first kappa shape index (κ1) is 22.5. The number of hydrogen-bond acceptors (Lipinski definition) is 3. The minimum Gasteiger partial charge on any atom is -0.354 e. The van der Waals surface area contributed by atoms with Crippen molar-refractivity contribution in [3.63, 3.8) is 0 Å². The molecule has 0 aliphatic heterocycles. The summed E-state index contributed by atoms with van der Waals surface area (Å²) in [6.07, 6.45) is 1.38. The zero-order valence-corrected chi connectivity index (χ0v) is 18.8. The number of nitrogens with one attached hydrogen (secondary N) is 2. The third-order valence-electron chi connectivity index (χ3n) is 5.42. The molecular weight excluding hydrogens is 388 g/mol. The standard InChI is InChI=1S/C25H32N4O2/c1-17(2)16-22(28-24(30)20-11-6-5-10-18(20)3)25(31)26-14-9-15-29-19(4)27-21-12-7-8-13-23(21)29/h5-8,10-13,17,22H,9,14-16H2,1-4H3,(H,26,31)(H,28,30). The van der Waals surface area contributed by atoms with Crippen LogP contribution in [0, 0.1) is 19.8 Å². The number of benzene rings is 2. The van der Waals surface area contributed by atoms with Gasteiger partial charge in [-0.15, -0.1) is 0 Å². The molecule has 2 N–H and O–H groups in total. The highest BCUT2D eigenvalue weighted by Crippen LogP contribution is 2.15. The predicted octanol–water partition coefficient (Wildman–Crippen LogP) is 4.00. The molecule has 2 amide bonds. The normalized spacial score (nSPS) is 12.2. The average molecular weight is 421 g/mol. The molecule has 1 aromatic heterocycles. The molecule has 0 aliphatic carbocycles. The monoisotopic (exact) mass is 420 g/mol. The van der Waals surface area contributed by atoms with Crippen LogP contribution in [0.5, 0.6) is 0 Å². The second-order valence-electron chi connectivity index (χ2n) is 8.41. The number of aryl methyl sites for hydroxylation is 3. The van der Waals surface area contributed by atoms with Gasteiger partial charge in [0.05, 0.1) is 11.0 Å². The summed E-state index contributed by atoms with van der Waals surface area (Å²) < 4.78 is 2.17. The molecule has 0 fully saturated rings. The van der Waals surface area contributed by atoms with E-state index < -0.39 is 6.04 Å². The van der Waals surface area contributed by atoms with Crippen molar-refractivity contribution < 1.29 is 9.59 Å². The lowest BCUT2D eigenvalue weighted by atomic mass is 10.0. The summed E-state index contributed by atoms with van der Waals surface area (Å²) in [5.41, 5.74) is 3.59. The Kier molecular flexibility index (Phi) is 7.45. The van der Waals surface area contributed by atoms with Crippen molar-refractivity contribution in [1.82, 2.24) is 20.2 Å². The predicted molar refractivity (Wildman–Crippen MR) is 124 cm³/mol. The number of aromatic nitrogens is 2. The number of hydrogen-bond donors (Lipinski definition) is 2. The topological polar surface area (TPSA) is 76.0 Å². The second-order valence-corrected chi connectivity index (χ2v) is 8.41. The zero-order chi connectivity index (χ0) is 22.4. The highest BCUT2D eigenvalue weighted by Gasteiger charge is 2.22. The van der Waals surface area contributed by atoms with Crippen LogP contribution in [0.1, 0.15) is 48.4 Å². The van der Waals surface area contributed by atoms with Gasteiger partial charge in [-0.2, -0.15) is 0 Å². The van der Waals surface area contributed by atoms with Crippen LogP contribution in [0.4, 0.5) is 0 Å². The van der Waals surface area contributed by atoms with E-state index >= 15 is 0 Å². The van der Waals surface area contributed by atoms with Crippen molar-refractivity contribution >= 4 is 22.8 Å². The highest BCUT2D eigenvalue weighted by atomic mass is 16.2. The summed E-state index contributed by atoms with van der Waals surface area (Å²) in [7, 11) is 0. The van der Waals surface area contributed by atoms with Gasteiger partial charge in [-0.25, -0.2) is 4.98 Å². The summed E-state index contributed by atoms with van der Waals surface area (Å²) in [4.78, 5) is 30.1. The molecule has 0 saturated heterocycles. The van der Waals surface area contributed by atoms with Gasteiger partial charge in [-0.1, -0.05) is 44.2 Å². The molecule has 164 valence electrons. The Bertz CT molecular complexity index is 1050. The number of rotatable bonds is 9. The third kappa shape index (κ3) is 5.72. The SMILES string of the molecule is Cc1ccccc1C(=O)NC(CC(C)C)C(=O)NCCCn1c(C)nc2ccccc21. The number of imidazole rings is 1. The summed E-state index contributed by atoms with van der Waals surface area (Å²) in [5.74, 6) is 0.908. The van der Waals surface area contributed by atoms with E-state index in [2.05, 4.69) is 26.3 Å². The fraction of sp³-hybridized carbons (Fsp3) is 0.400. The van der Waals surface area contributed by atoms with Crippen LogP contribution in [0.3, 0.4) is 0 Å². The Morgan fingerprint density at radius 1 is 1.03 bits per heavy atom. The number of amides is 2. The lowest BCUT2D eigenvalue weighted by Gasteiger charge is -2.21. The molecule has 1 atom stereocenters. The number of carbonyl (C=O) groups is 2. The molecule has 0 spiro atoms. The summed E-state index contributed by atoms with van der Waals surface area (Å²) in [6, 6.07) is 14.9. The van der Waals surface area contributed by atoms with E-state index in [1.165, 1.54) is 0 Å². The van der Waals surface area contributed by atoms with Crippen molar-refractivity contribution in [3.8, 4) is 0 Å². The number of nitrogens with zero attached hydrogens (tertiary/aromatic N) is 2. The summed E-state index contributed by atoms with van der Waals surface area (Å²) >= 11 is 0. The fourth-order valence-electron chi connectivity index (χ4n) is 3.82. The Hall–Kier alpha value is -3.15. The van der Waals surface area contributed by atoms with Gasteiger partial charge < -0.3 is 15.2 Å². The first-order valence-corrected chi connectivity index (χ1v) is 10.9. The van der Waals surface area contributed by atoms with Crippen LogP contribution >= 0.6 is 0 Å². The van der Waals surface area contributed by atoms with E-state index in [0.29, 0.717) is 18.5 Å². The van der Waals surface area contributed by atoms with Crippen LogP contribution < -0.4 is 10.6 Å². The molecule has 6 nitrogen and oxygen atoms in total. The third-order valence-corrected chi connectivity index (χ3v) is 5.42. The highest BCUT2D eigenvalue weighted by molar-refractivity contribution is 5.98. The fourth-order valence-corrected chi connectivity index (χ4v) is 3.82. The van der Waals surface area contributed by atoms with E-state index in [-0.39, 0.29) is 17.7 Å². The largest absolute Gasteiger partial charge is 0.354 e. The lowest BCUT2D eigenvalue weighted by Crippen LogP contribution is -2.47. The van der Waals surface area contributed by atoms with Crippen LogP contribution in [0.2, 0.25) is 0 Å². The molecule has 0 radical (unpaired) electrons. The summed E-state index contributed by atoms with van der Waals surface area (Å²) in [5, 5.41) is 5.93. The van der Waals surface area contributed by atoms with Gasteiger partial charge in [-0.3, -0.25) is 9.59 Å². The van der Waals surface area contributed by atoms with E-state index in [0.717, 1.165) is 35.4 Å². The molecule has 31 heavy (non-hydrogen) atoms. The quantitative estimate of drug-likeness (QED) is 0.514. The maximum atomic E-state index is 12.8. The maximum absolute atomic E-state index is 12.8. The Morgan fingerprint density at radius 2 is 1.74 bits per heavy atom. The van der Waals surface area contributed by atoms with E-state index in [1.807, 2.05) is 64.1 Å². The van der Waals surface area contributed by atoms with Crippen LogP contribution in [0.25, 0.3) is 11.0 Å². The number of para-hydroxylation sites is 2. The van der Waals surface area contributed by atoms with Crippen LogP contribution in [-0.2, 0) is 11.3 Å². The smallest absolute Gasteiger partial charge is 0.252 e. The molecule has 3 aromatic rings. The van der Waals surface area contributed by atoms with Crippen molar-refractivity contribution in [2.75, 3.05) is 6.54 Å². The molecule has 1 heterocycles. The number of fused-ring (bicyclic) bond motifs is 1.